The second-order valence-corrected chi connectivity index (χ2v) is 11.2. The first-order valence-corrected chi connectivity index (χ1v) is 14.9. The Labute approximate surface area is 257 Å². The first-order chi connectivity index (χ1) is 20.9. The summed E-state index contributed by atoms with van der Waals surface area (Å²) in [5.41, 5.74) is 5.58. The highest BCUT2D eigenvalue weighted by Crippen LogP contribution is 2.27. The Morgan fingerprint density at radius 2 is 1.53 bits per heavy atom. The van der Waals surface area contributed by atoms with E-state index in [1.165, 1.54) is 11.8 Å². The van der Waals surface area contributed by atoms with Gasteiger partial charge in [-0.15, -0.1) is 0 Å². The van der Waals surface area contributed by atoms with E-state index in [2.05, 4.69) is 28.1 Å². The van der Waals surface area contributed by atoms with Crippen molar-refractivity contribution in [2.24, 2.45) is 0 Å². The van der Waals surface area contributed by atoms with Gasteiger partial charge in [-0.3, -0.25) is 9.59 Å². The first kappa shape index (κ1) is 29.9. The molecule has 5 rings (SSSR count). The van der Waals surface area contributed by atoms with Crippen LogP contribution < -0.4 is 21.4 Å². The summed E-state index contributed by atoms with van der Waals surface area (Å²) in [6.07, 6.45) is 3.02. The van der Waals surface area contributed by atoms with E-state index in [1.54, 1.807) is 18.2 Å². The summed E-state index contributed by atoms with van der Waals surface area (Å²) in [6.45, 7) is 4.88. The molecule has 1 amide bonds. The summed E-state index contributed by atoms with van der Waals surface area (Å²) in [6, 6.07) is 30.5. The molecule has 0 radical (unpaired) electrons. The van der Waals surface area contributed by atoms with Gasteiger partial charge in [0.1, 0.15) is 5.58 Å². The molecule has 0 bridgehead atoms. The lowest BCUT2D eigenvalue weighted by Crippen LogP contribution is -2.45. The molecule has 1 aromatic heterocycles. The third-order valence-electron chi connectivity index (χ3n) is 7.71. The largest absolute Gasteiger partial charge is 0.464 e. The van der Waals surface area contributed by atoms with Crippen LogP contribution in [0.1, 0.15) is 34.6 Å². The Morgan fingerprint density at radius 3 is 2.26 bits per heavy atom. The van der Waals surface area contributed by atoms with Gasteiger partial charge in [0.05, 0.1) is 23.6 Å². The van der Waals surface area contributed by atoms with Gasteiger partial charge in [0, 0.05) is 35.1 Å². The standard InChI is InChI=1S/C36H36ClN3O3/c1-24-11-6-8-16-30(24)39-22-32(40-31-17-9-7-12-25(31)2)34(36(42)38-20-10-15-26-13-4-3-5-14-26)29-23-43-33-19-18-27(37)21-28(33)35(29)41/h3-9,11-14,16-19,21,23,32,34,39-40H,10,15,20,22H2,1-2H3,(H,38,42). The van der Waals surface area contributed by atoms with Gasteiger partial charge in [0.2, 0.25) is 5.91 Å². The summed E-state index contributed by atoms with van der Waals surface area (Å²) in [5.74, 6) is -1.12. The zero-order valence-corrected chi connectivity index (χ0v) is 25.2. The van der Waals surface area contributed by atoms with E-state index in [0.717, 1.165) is 35.3 Å². The molecule has 0 fully saturated rings. The second kappa shape index (κ2) is 14.1. The van der Waals surface area contributed by atoms with Crippen LogP contribution in [0, 0.1) is 13.8 Å². The number of halogens is 1. The van der Waals surface area contributed by atoms with Gasteiger partial charge in [-0.05, 0) is 73.7 Å². The number of rotatable bonds is 12. The van der Waals surface area contributed by atoms with Crippen molar-refractivity contribution in [3.05, 3.63) is 141 Å². The molecular weight excluding hydrogens is 558 g/mol. The van der Waals surface area contributed by atoms with Crippen LogP contribution in [0.15, 0.2) is 113 Å². The summed E-state index contributed by atoms with van der Waals surface area (Å²) in [7, 11) is 0. The minimum absolute atomic E-state index is 0.251. The summed E-state index contributed by atoms with van der Waals surface area (Å²) >= 11 is 6.26. The quantitative estimate of drug-likeness (QED) is 0.131. The number of amides is 1. The Morgan fingerprint density at radius 1 is 0.860 bits per heavy atom. The lowest BCUT2D eigenvalue weighted by Gasteiger charge is -2.29. The van der Waals surface area contributed by atoms with E-state index in [4.69, 9.17) is 16.0 Å². The van der Waals surface area contributed by atoms with Crippen LogP contribution in [-0.4, -0.2) is 25.0 Å². The van der Waals surface area contributed by atoms with Crippen molar-refractivity contribution < 1.29 is 9.21 Å². The highest BCUT2D eigenvalue weighted by atomic mass is 35.5. The average Bonchev–Trinajstić information content (AvgIpc) is 3.01. The normalized spacial score (nSPS) is 12.4. The fraction of sp³-hybridized carbons (Fsp3) is 0.222. The maximum atomic E-state index is 14.1. The molecule has 1 heterocycles. The van der Waals surface area contributed by atoms with Crippen molar-refractivity contribution in [1.29, 1.82) is 0 Å². The van der Waals surface area contributed by atoms with Crippen LogP contribution in [0.5, 0.6) is 0 Å². The number of carbonyl (C=O) groups is 1. The highest BCUT2D eigenvalue weighted by Gasteiger charge is 2.33. The van der Waals surface area contributed by atoms with Crippen LogP contribution in [0.25, 0.3) is 11.0 Å². The van der Waals surface area contributed by atoms with Crippen molar-refractivity contribution >= 4 is 39.9 Å². The highest BCUT2D eigenvalue weighted by molar-refractivity contribution is 6.31. The molecular formula is C36H36ClN3O3. The molecule has 2 unspecified atom stereocenters. The van der Waals surface area contributed by atoms with Crippen LogP contribution in [0.2, 0.25) is 5.02 Å². The molecule has 0 aliphatic carbocycles. The Balaban J connectivity index is 1.51. The van der Waals surface area contributed by atoms with Crippen molar-refractivity contribution in [2.45, 2.75) is 38.6 Å². The summed E-state index contributed by atoms with van der Waals surface area (Å²) in [5, 5.41) is 11.0. The number of benzene rings is 4. The average molecular weight is 594 g/mol. The van der Waals surface area contributed by atoms with Gasteiger partial charge in [0.15, 0.2) is 5.43 Å². The van der Waals surface area contributed by atoms with Crippen molar-refractivity contribution in [3.8, 4) is 0 Å². The lowest BCUT2D eigenvalue weighted by atomic mass is 9.89. The molecule has 6 nitrogen and oxygen atoms in total. The smallest absolute Gasteiger partial charge is 0.229 e. The number of hydrogen-bond donors (Lipinski definition) is 3. The number of para-hydroxylation sites is 2. The van der Waals surface area contributed by atoms with Crippen LogP contribution in [0.3, 0.4) is 0 Å². The van der Waals surface area contributed by atoms with E-state index in [9.17, 15) is 9.59 Å². The Bertz CT molecular complexity index is 1750. The maximum Gasteiger partial charge on any atom is 0.229 e. The van der Waals surface area contributed by atoms with Crippen LogP contribution >= 0.6 is 11.6 Å². The van der Waals surface area contributed by atoms with Crippen molar-refractivity contribution in [2.75, 3.05) is 23.7 Å². The number of fused-ring (bicyclic) bond motifs is 1. The lowest BCUT2D eigenvalue weighted by molar-refractivity contribution is -0.122. The molecule has 5 aromatic rings. The molecule has 3 N–H and O–H groups in total. The van der Waals surface area contributed by atoms with Crippen molar-refractivity contribution in [1.82, 2.24) is 5.32 Å². The molecule has 0 saturated carbocycles. The second-order valence-electron chi connectivity index (χ2n) is 10.8. The van der Waals surface area contributed by atoms with E-state index in [1.807, 2.05) is 80.6 Å². The fourth-order valence-corrected chi connectivity index (χ4v) is 5.48. The topological polar surface area (TPSA) is 83.4 Å². The molecule has 7 heteroatoms. The monoisotopic (exact) mass is 593 g/mol. The van der Waals surface area contributed by atoms with Crippen molar-refractivity contribution in [3.63, 3.8) is 0 Å². The Hall–Kier alpha value is -4.55. The predicted molar refractivity (Wildman–Crippen MR) is 176 cm³/mol. The minimum Gasteiger partial charge on any atom is -0.464 e. The van der Waals surface area contributed by atoms with E-state index >= 15 is 0 Å². The van der Waals surface area contributed by atoms with Gasteiger partial charge < -0.3 is 20.4 Å². The van der Waals surface area contributed by atoms with Gasteiger partial charge in [0.25, 0.3) is 0 Å². The molecule has 4 aromatic carbocycles. The number of hydrogen-bond acceptors (Lipinski definition) is 5. The molecule has 220 valence electrons. The van der Waals surface area contributed by atoms with Gasteiger partial charge in [-0.25, -0.2) is 0 Å². The third kappa shape index (κ3) is 7.46. The molecule has 0 aliphatic heterocycles. The van der Waals surface area contributed by atoms with Crippen LogP contribution in [-0.2, 0) is 11.2 Å². The van der Waals surface area contributed by atoms with E-state index < -0.39 is 12.0 Å². The first-order valence-electron chi connectivity index (χ1n) is 14.5. The molecule has 0 aliphatic rings. The molecule has 0 spiro atoms. The minimum atomic E-state index is -0.868. The predicted octanol–water partition coefficient (Wildman–Crippen LogP) is 7.49. The number of anilines is 2. The number of aryl methyl sites for hydroxylation is 3. The zero-order chi connectivity index (χ0) is 30.2. The van der Waals surface area contributed by atoms with Crippen LogP contribution in [0.4, 0.5) is 11.4 Å². The van der Waals surface area contributed by atoms with E-state index in [0.29, 0.717) is 29.1 Å². The maximum absolute atomic E-state index is 14.1. The van der Waals surface area contributed by atoms with E-state index in [-0.39, 0.29) is 16.9 Å². The van der Waals surface area contributed by atoms with Gasteiger partial charge >= 0.3 is 0 Å². The molecule has 2 atom stereocenters. The van der Waals surface area contributed by atoms with Gasteiger partial charge in [-0.1, -0.05) is 78.3 Å². The summed E-state index contributed by atoms with van der Waals surface area (Å²) in [4.78, 5) is 28.1. The summed E-state index contributed by atoms with van der Waals surface area (Å²) < 4.78 is 5.91. The van der Waals surface area contributed by atoms with Gasteiger partial charge in [-0.2, -0.15) is 0 Å². The Kier molecular flexibility index (Phi) is 9.80. The number of nitrogens with one attached hydrogen (secondary N) is 3. The SMILES string of the molecule is Cc1ccccc1NCC(Nc1ccccc1C)C(C(=O)NCCCc1ccccc1)c1coc2ccc(Cl)cc2c1=O. The zero-order valence-electron chi connectivity index (χ0n) is 24.4. The molecule has 0 saturated heterocycles. The fourth-order valence-electron chi connectivity index (χ4n) is 5.31. The number of carbonyl (C=O) groups excluding carboxylic acids is 1. The molecule has 43 heavy (non-hydrogen) atoms. The third-order valence-corrected chi connectivity index (χ3v) is 7.94.